The van der Waals surface area contributed by atoms with Crippen molar-refractivity contribution in [1.82, 2.24) is 20.9 Å². The van der Waals surface area contributed by atoms with Crippen molar-refractivity contribution >= 4 is 18.0 Å². The Bertz CT molecular complexity index is 603. The van der Waals surface area contributed by atoms with Crippen molar-refractivity contribution in [3.63, 3.8) is 0 Å². The van der Waals surface area contributed by atoms with E-state index in [1.54, 1.807) is 0 Å². The average Bonchev–Trinajstić information content (AvgIpc) is 2.53. The smallest absolute Gasteiger partial charge is 0.274 e. The van der Waals surface area contributed by atoms with Gasteiger partial charge in [-0.05, 0) is 12.1 Å². The number of benzene rings is 1. The fraction of sp³-hybridized carbons (Fsp3) is 0.286. The van der Waals surface area contributed by atoms with Crippen LogP contribution in [0.4, 0.5) is 5.69 Å². The van der Waals surface area contributed by atoms with E-state index in [4.69, 9.17) is 5.73 Å². The number of anilines is 1. The minimum Gasteiger partial charge on any atom is -0.383 e. The molecule has 2 aliphatic heterocycles. The second kappa shape index (κ2) is 5.94. The van der Waals surface area contributed by atoms with Crippen molar-refractivity contribution in [2.75, 3.05) is 18.4 Å². The molecule has 2 atom stereocenters. The van der Waals surface area contributed by atoms with Crippen LogP contribution in [-0.4, -0.2) is 42.6 Å². The zero-order chi connectivity index (χ0) is 15.5. The quantitative estimate of drug-likeness (QED) is 0.440. The van der Waals surface area contributed by atoms with E-state index in [0.717, 1.165) is 5.69 Å². The maximum absolute atomic E-state index is 12.1. The summed E-state index contributed by atoms with van der Waals surface area (Å²) < 4.78 is 0. The molecule has 0 saturated heterocycles. The number of carbonyl (C=O) groups is 2. The number of nitrogens with one attached hydrogen (secondary N) is 4. The molecule has 0 radical (unpaired) electrons. The summed E-state index contributed by atoms with van der Waals surface area (Å²) in [5, 5.41) is 11.8. The Morgan fingerprint density at radius 3 is 2.82 bits per heavy atom. The van der Waals surface area contributed by atoms with Gasteiger partial charge < -0.3 is 26.2 Å². The molecule has 0 saturated carbocycles. The summed E-state index contributed by atoms with van der Waals surface area (Å²) >= 11 is 0. The molecule has 2 heterocycles. The number of rotatable bonds is 4. The molecule has 0 spiro atoms. The van der Waals surface area contributed by atoms with Crippen molar-refractivity contribution in [3.8, 4) is 0 Å². The predicted octanol–water partition coefficient (Wildman–Crippen LogP) is -1.34. The van der Waals surface area contributed by atoms with E-state index in [2.05, 4.69) is 21.3 Å². The summed E-state index contributed by atoms with van der Waals surface area (Å²) in [5.41, 5.74) is 6.88. The number of carbonyl (C=O) groups excluding carboxylic acids is 2. The Labute approximate surface area is 127 Å². The lowest BCUT2D eigenvalue weighted by Crippen LogP contribution is -2.64. The van der Waals surface area contributed by atoms with Crippen molar-refractivity contribution < 1.29 is 9.59 Å². The molecule has 0 aliphatic carbocycles. The Balaban J connectivity index is 1.74. The third-order valence-electron chi connectivity index (χ3n) is 3.63. The van der Waals surface area contributed by atoms with E-state index in [1.165, 1.54) is 4.90 Å². The Morgan fingerprint density at radius 2 is 2.09 bits per heavy atom. The van der Waals surface area contributed by atoms with Gasteiger partial charge in [0.15, 0.2) is 12.0 Å². The van der Waals surface area contributed by atoms with E-state index in [1.807, 2.05) is 30.3 Å². The fourth-order valence-corrected chi connectivity index (χ4v) is 2.57. The van der Waals surface area contributed by atoms with Crippen LogP contribution >= 0.6 is 0 Å². The summed E-state index contributed by atoms with van der Waals surface area (Å²) in [5.74, 6) is 0.115. The molecule has 0 bridgehead atoms. The van der Waals surface area contributed by atoms with Crippen LogP contribution in [0.3, 0.4) is 0 Å². The van der Waals surface area contributed by atoms with Gasteiger partial charge in [-0.2, -0.15) is 0 Å². The van der Waals surface area contributed by atoms with Crippen LogP contribution in [-0.2, 0) is 9.59 Å². The highest BCUT2D eigenvalue weighted by Gasteiger charge is 2.36. The lowest BCUT2D eigenvalue weighted by atomic mass is 10.1. The van der Waals surface area contributed by atoms with Gasteiger partial charge in [0.1, 0.15) is 5.82 Å². The summed E-state index contributed by atoms with van der Waals surface area (Å²) in [4.78, 5) is 25.0. The van der Waals surface area contributed by atoms with Crippen LogP contribution in [0, 0.1) is 0 Å². The van der Waals surface area contributed by atoms with Crippen molar-refractivity contribution in [3.05, 3.63) is 41.8 Å². The van der Waals surface area contributed by atoms with Crippen molar-refractivity contribution in [2.24, 2.45) is 5.73 Å². The molecule has 6 N–H and O–H groups in total. The summed E-state index contributed by atoms with van der Waals surface area (Å²) in [6, 6.07) is 9.50. The van der Waals surface area contributed by atoms with Crippen LogP contribution in [0.15, 0.2) is 41.8 Å². The summed E-state index contributed by atoms with van der Waals surface area (Å²) in [6.07, 6.45) is 0.0114. The number of nitrogens with zero attached hydrogens (tertiary/aromatic N) is 1. The Kier molecular flexibility index (Phi) is 3.84. The summed E-state index contributed by atoms with van der Waals surface area (Å²) in [7, 11) is 0. The highest BCUT2D eigenvalue weighted by atomic mass is 16.2. The Morgan fingerprint density at radius 1 is 1.32 bits per heavy atom. The predicted molar refractivity (Wildman–Crippen MR) is 80.9 cm³/mol. The highest BCUT2D eigenvalue weighted by Crippen LogP contribution is 2.18. The van der Waals surface area contributed by atoms with E-state index in [-0.39, 0.29) is 17.6 Å². The average molecular weight is 302 g/mol. The summed E-state index contributed by atoms with van der Waals surface area (Å²) in [6.45, 7) is 1.04. The molecule has 1 aromatic rings. The van der Waals surface area contributed by atoms with E-state index in [0.29, 0.717) is 25.3 Å². The van der Waals surface area contributed by atoms with Gasteiger partial charge in [0.05, 0.1) is 6.04 Å². The molecule has 1 aromatic carbocycles. The number of para-hydroxylation sites is 1. The maximum atomic E-state index is 12.1. The zero-order valence-electron chi connectivity index (χ0n) is 11.9. The Hall–Kier alpha value is -2.74. The molecule has 116 valence electrons. The first-order valence-corrected chi connectivity index (χ1v) is 7.02. The molecule has 22 heavy (non-hydrogen) atoms. The van der Waals surface area contributed by atoms with Crippen LogP contribution < -0.4 is 27.0 Å². The van der Waals surface area contributed by atoms with Gasteiger partial charge in [-0.15, -0.1) is 0 Å². The first kappa shape index (κ1) is 14.2. The molecule has 2 aliphatic rings. The second-order valence-corrected chi connectivity index (χ2v) is 5.11. The van der Waals surface area contributed by atoms with E-state index >= 15 is 0 Å². The highest BCUT2D eigenvalue weighted by molar-refractivity contribution is 5.96. The molecular formula is C14H18N6O2. The first-order chi connectivity index (χ1) is 10.7. The van der Waals surface area contributed by atoms with Crippen LogP contribution in [0.1, 0.15) is 0 Å². The molecule has 8 heteroatoms. The number of nitrogens with two attached hydrogens (primary N) is 1. The SMILES string of the molecule is NC1NC(=O)C2=C(NC[C@@H](CNc3ccccc3)N2C=O)N1. The number of amides is 2. The van der Waals surface area contributed by atoms with Crippen LogP contribution in [0.2, 0.25) is 0 Å². The van der Waals surface area contributed by atoms with Gasteiger partial charge in [-0.1, -0.05) is 18.2 Å². The molecular weight excluding hydrogens is 284 g/mol. The van der Waals surface area contributed by atoms with Gasteiger partial charge >= 0.3 is 0 Å². The minimum absolute atomic E-state index is 0.182. The third-order valence-corrected chi connectivity index (χ3v) is 3.63. The number of hydrogen-bond acceptors (Lipinski definition) is 6. The van der Waals surface area contributed by atoms with Gasteiger partial charge in [-0.3, -0.25) is 15.3 Å². The van der Waals surface area contributed by atoms with Crippen molar-refractivity contribution in [2.45, 2.75) is 12.3 Å². The van der Waals surface area contributed by atoms with E-state index < -0.39 is 6.29 Å². The molecule has 8 nitrogen and oxygen atoms in total. The van der Waals surface area contributed by atoms with Gasteiger partial charge in [0.25, 0.3) is 5.91 Å². The zero-order valence-corrected chi connectivity index (χ0v) is 11.9. The largest absolute Gasteiger partial charge is 0.383 e. The molecule has 3 rings (SSSR count). The number of hydrogen-bond donors (Lipinski definition) is 5. The van der Waals surface area contributed by atoms with E-state index in [9.17, 15) is 9.59 Å². The fourth-order valence-electron chi connectivity index (χ4n) is 2.57. The minimum atomic E-state index is -0.661. The topological polar surface area (TPSA) is 112 Å². The molecule has 1 unspecified atom stereocenters. The lowest BCUT2D eigenvalue weighted by molar-refractivity contribution is -0.127. The molecule has 0 aromatic heterocycles. The van der Waals surface area contributed by atoms with Gasteiger partial charge in [0, 0.05) is 18.8 Å². The maximum Gasteiger partial charge on any atom is 0.274 e. The molecule has 2 amide bonds. The standard InChI is InChI=1S/C14H18N6O2/c15-14-18-12-11(13(22)19-14)20(8-21)10(7-17-12)6-16-9-4-2-1-3-5-9/h1-5,8,10,14,16-18H,6-7,15H2,(H,19,22)/t10-,14?/m1/s1. The van der Waals surface area contributed by atoms with Crippen molar-refractivity contribution in [1.29, 1.82) is 0 Å². The van der Waals surface area contributed by atoms with Crippen LogP contribution in [0.5, 0.6) is 0 Å². The van der Waals surface area contributed by atoms with Crippen LogP contribution in [0.25, 0.3) is 0 Å². The third kappa shape index (κ3) is 2.68. The normalized spacial score (nSPS) is 23.9. The first-order valence-electron chi connectivity index (χ1n) is 7.02. The molecule has 0 fully saturated rings. The van der Waals surface area contributed by atoms with Gasteiger partial charge in [-0.25, -0.2) is 0 Å². The van der Waals surface area contributed by atoms with Gasteiger partial charge in [0.2, 0.25) is 6.41 Å². The lowest BCUT2D eigenvalue weighted by Gasteiger charge is -2.40. The second-order valence-electron chi connectivity index (χ2n) is 5.11. The monoisotopic (exact) mass is 302 g/mol.